The van der Waals surface area contributed by atoms with E-state index in [2.05, 4.69) is 38.5 Å². The lowest BCUT2D eigenvalue weighted by molar-refractivity contribution is 0.389. The first-order chi connectivity index (χ1) is 8.16. The summed E-state index contributed by atoms with van der Waals surface area (Å²) in [4.78, 5) is 2.28. The molecular weight excluding hydrogens is 226 g/mol. The van der Waals surface area contributed by atoms with Gasteiger partial charge in [-0.1, -0.05) is 51.9 Å². The van der Waals surface area contributed by atoms with E-state index in [0.29, 0.717) is 5.25 Å². The van der Waals surface area contributed by atoms with Gasteiger partial charge in [-0.15, -0.1) is 0 Å². The Kier molecular flexibility index (Phi) is 13.0. The highest BCUT2D eigenvalue weighted by Crippen LogP contribution is 2.14. The first-order valence-electron chi connectivity index (χ1n) is 7.49. The van der Waals surface area contributed by atoms with Gasteiger partial charge in [-0.2, -0.15) is 12.6 Å². The van der Waals surface area contributed by atoms with Crippen LogP contribution >= 0.6 is 12.6 Å². The Labute approximate surface area is 115 Å². The Balaban J connectivity index is 2.99. The lowest BCUT2D eigenvalue weighted by atomic mass is 10.1. The smallest absolute Gasteiger partial charge is 0.00141 e. The molecule has 2 heteroatoms. The minimum atomic E-state index is 0.640. The Morgan fingerprint density at radius 1 is 0.824 bits per heavy atom. The number of hydrogen-bond donors (Lipinski definition) is 1. The summed E-state index contributed by atoms with van der Waals surface area (Å²) in [5, 5.41) is 0.640. The SMILES string of the molecule is CCC(S)CCCCCCCCCCN(C)C. The van der Waals surface area contributed by atoms with E-state index in [1.54, 1.807) is 0 Å². The summed E-state index contributed by atoms with van der Waals surface area (Å²) in [6.45, 7) is 3.48. The first-order valence-corrected chi connectivity index (χ1v) is 8.01. The molecule has 0 aromatic heterocycles. The lowest BCUT2D eigenvalue weighted by Gasteiger charge is -2.08. The normalized spacial score (nSPS) is 13.2. The fourth-order valence-corrected chi connectivity index (χ4v) is 2.26. The van der Waals surface area contributed by atoms with Gasteiger partial charge in [0.05, 0.1) is 0 Å². The van der Waals surface area contributed by atoms with Crippen molar-refractivity contribution in [1.82, 2.24) is 4.90 Å². The fraction of sp³-hybridized carbons (Fsp3) is 1.00. The van der Waals surface area contributed by atoms with Gasteiger partial charge in [0.1, 0.15) is 0 Å². The molecule has 17 heavy (non-hydrogen) atoms. The number of hydrogen-bond acceptors (Lipinski definition) is 2. The Morgan fingerprint density at radius 3 is 1.76 bits per heavy atom. The minimum Gasteiger partial charge on any atom is -0.309 e. The van der Waals surface area contributed by atoms with Gasteiger partial charge in [-0.3, -0.25) is 0 Å². The average molecular weight is 260 g/mol. The van der Waals surface area contributed by atoms with Gasteiger partial charge in [0, 0.05) is 5.25 Å². The molecule has 0 radical (unpaired) electrons. The molecule has 0 fully saturated rings. The number of rotatable bonds is 12. The Morgan fingerprint density at radius 2 is 1.29 bits per heavy atom. The average Bonchev–Trinajstić information content (AvgIpc) is 2.30. The predicted octanol–water partition coefficient (Wildman–Crippen LogP) is 4.77. The van der Waals surface area contributed by atoms with Gasteiger partial charge >= 0.3 is 0 Å². The summed E-state index contributed by atoms with van der Waals surface area (Å²) in [6, 6.07) is 0. The van der Waals surface area contributed by atoms with Crippen molar-refractivity contribution in [1.29, 1.82) is 0 Å². The first kappa shape index (κ1) is 17.3. The van der Waals surface area contributed by atoms with E-state index in [-0.39, 0.29) is 0 Å². The van der Waals surface area contributed by atoms with E-state index in [9.17, 15) is 0 Å². The molecule has 0 aromatic carbocycles. The molecule has 1 unspecified atom stereocenters. The van der Waals surface area contributed by atoms with Gasteiger partial charge in [0.2, 0.25) is 0 Å². The second-order valence-corrected chi connectivity index (χ2v) is 6.21. The Hall–Kier alpha value is 0.310. The van der Waals surface area contributed by atoms with Crippen molar-refractivity contribution < 1.29 is 0 Å². The molecule has 0 bridgehead atoms. The van der Waals surface area contributed by atoms with Crippen LogP contribution in [0.5, 0.6) is 0 Å². The minimum absolute atomic E-state index is 0.640. The van der Waals surface area contributed by atoms with E-state index >= 15 is 0 Å². The number of nitrogens with zero attached hydrogens (tertiary/aromatic N) is 1. The van der Waals surface area contributed by atoms with Crippen molar-refractivity contribution in [3.8, 4) is 0 Å². The molecule has 0 spiro atoms. The molecule has 0 amide bonds. The van der Waals surface area contributed by atoms with Crippen LogP contribution in [0.1, 0.15) is 71.1 Å². The quantitative estimate of drug-likeness (QED) is 0.390. The highest BCUT2D eigenvalue weighted by molar-refractivity contribution is 7.80. The molecule has 0 aliphatic carbocycles. The standard InChI is InChI=1S/C15H33NS/c1-4-15(17)13-11-9-7-5-6-8-10-12-14-16(2)3/h15,17H,4-14H2,1-3H3. The zero-order valence-electron chi connectivity index (χ0n) is 12.2. The molecule has 0 heterocycles. The lowest BCUT2D eigenvalue weighted by Crippen LogP contribution is -2.12. The van der Waals surface area contributed by atoms with Crippen molar-refractivity contribution >= 4 is 12.6 Å². The van der Waals surface area contributed by atoms with E-state index in [1.807, 2.05) is 0 Å². The van der Waals surface area contributed by atoms with Gasteiger partial charge in [-0.25, -0.2) is 0 Å². The molecule has 1 nitrogen and oxygen atoms in total. The van der Waals surface area contributed by atoms with Crippen LogP contribution in [-0.2, 0) is 0 Å². The largest absolute Gasteiger partial charge is 0.309 e. The van der Waals surface area contributed by atoms with E-state index in [1.165, 1.54) is 70.8 Å². The number of thiol groups is 1. The monoisotopic (exact) mass is 259 g/mol. The van der Waals surface area contributed by atoms with Crippen LogP contribution in [0.3, 0.4) is 0 Å². The maximum Gasteiger partial charge on any atom is 0.00141 e. The van der Waals surface area contributed by atoms with Crippen molar-refractivity contribution in [2.45, 2.75) is 76.4 Å². The third kappa shape index (κ3) is 14.2. The molecule has 0 saturated heterocycles. The van der Waals surface area contributed by atoms with Gasteiger partial charge in [0.25, 0.3) is 0 Å². The zero-order chi connectivity index (χ0) is 12.9. The van der Waals surface area contributed by atoms with Gasteiger partial charge in [0.15, 0.2) is 0 Å². The van der Waals surface area contributed by atoms with Crippen molar-refractivity contribution in [2.24, 2.45) is 0 Å². The third-order valence-corrected chi connectivity index (χ3v) is 3.99. The fourth-order valence-electron chi connectivity index (χ4n) is 2.07. The summed E-state index contributed by atoms with van der Waals surface area (Å²) < 4.78 is 0. The van der Waals surface area contributed by atoms with Crippen molar-refractivity contribution in [3.05, 3.63) is 0 Å². The topological polar surface area (TPSA) is 3.24 Å². The van der Waals surface area contributed by atoms with E-state index in [0.717, 1.165) is 0 Å². The highest BCUT2D eigenvalue weighted by Gasteiger charge is 1.98. The van der Waals surface area contributed by atoms with Crippen LogP contribution < -0.4 is 0 Å². The van der Waals surface area contributed by atoms with Crippen LogP contribution in [0.15, 0.2) is 0 Å². The predicted molar refractivity (Wildman–Crippen MR) is 83.2 cm³/mol. The van der Waals surface area contributed by atoms with Crippen LogP contribution in [0, 0.1) is 0 Å². The molecule has 104 valence electrons. The summed E-state index contributed by atoms with van der Waals surface area (Å²) >= 11 is 4.52. The molecule has 0 aliphatic heterocycles. The Bertz CT molecular complexity index is 148. The molecule has 0 aromatic rings. The molecule has 1 atom stereocenters. The summed E-state index contributed by atoms with van der Waals surface area (Å²) in [5.74, 6) is 0. The second kappa shape index (κ2) is 12.8. The van der Waals surface area contributed by atoms with Crippen LogP contribution in [0.2, 0.25) is 0 Å². The zero-order valence-corrected chi connectivity index (χ0v) is 13.1. The van der Waals surface area contributed by atoms with Crippen LogP contribution in [0.25, 0.3) is 0 Å². The van der Waals surface area contributed by atoms with Crippen LogP contribution in [0.4, 0.5) is 0 Å². The molecular formula is C15H33NS. The van der Waals surface area contributed by atoms with Crippen molar-refractivity contribution in [3.63, 3.8) is 0 Å². The molecule has 0 rings (SSSR count). The molecule has 0 saturated carbocycles. The van der Waals surface area contributed by atoms with E-state index < -0.39 is 0 Å². The molecule has 0 aliphatic rings. The van der Waals surface area contributed by atoms with Gasteiger partial charge < -0.3 is 4.90 Å². The van der Waals surface area contributed by atoms with Crippen molar-refractivity contribution in [2.75, 3.05) is 20.6 Å². The van der Waals surface area contributed by atoms with E-state index in [4.69, 9.17) is 0 Å². The second-order valence-electron chi connectivity index (χ2n) is 5.48. The van der Waals surface area contributed by atoms with Crippen LogP contribution in [-0.4, -0.2) is 30.8 Å². The van der Waals surface area contributed by atoms with Gasteiger partial charge in [-0.05, 0) is 39.9 Å². The molecule has 0 N–H and O–H groups in total. The maximum absolute atomic E-state index is 4.52. The maximum atomic E-state index is 4.52. The summed E-state index contributed by atoms with van der Waals surface area (Å²) in [6.07, 6.45) is 13.8. The number of unbranched alkanes of at least 4 members (excludes halogenated alkanes) is 7. The third-order valence-electron chi connectivity index (χ3n) is 3.36. The summed E-state index contributed by atoms with van der Waals surface area (Å²) in [7, 11) is 4.32. The highest BCUT2D eigenvalue weighted by atomic mass is 32.1. The summed E-state index contributed by atoms with van der Waals surface area (Å²) in [5.41, 5.74) is 0.